The van der Waals surface area contributed by atoms with Crippen LogP contribution >= 0.6 is 22.7 Å². The van der Waals surface area contributed by atoms with Crippen LogP contribution in [0.4, 0.5) is 8.78 Å². The summed E-state index contributed by atoms with van der Waals surface area (Å²) < 4.78 is 28.9. The molecule has 2 atom stereocenters. The van der Waals surface area contributed by atoms with E-state index in [1.165, 1.54) is 9.40 Å². The fraction of sp³-hybridized carbons (Fsp3) is 0.538. The molecule has 0 amide bonds. The fourth-order valence-corrected chi connectivity index (χ4v) is 4.99. The normalized spacial score (nSPS) is 24.1. The summed E-state index contributed by atoms with van der Waals surface area (Å²) in [6, 6.07) is 4.21. The SMILES string of the molecule is NNC(CC1CCC(F)(F)C1)c1cc2sccc2s1. The van der Waals surface area contributed by atoms with Gasteiger partial charge in [0, 0.05) is 27.1 Å². The molecule has 3 N–H and O–H groups in total. The molecule has 0 radical (unpaired) electrons. The van der Waals surface area contributed by atoms with Gasteiger partial charge in [0.2, 0.25) is 5.92 Å². The highest BCUT2D eigenvalue weighted by molar-refractivity contribution is 7.26. The number of rotatable bonds is 4. The van der Waals surface area contributed by atoms with Crippen molar-refractivity contribution in [3.63, 3.8) is 0 Å². The summed E-state index contributed by atoms with van der Waals surface area (Å²) in [4.78, 5) is 1.15. The van der Waals surface area contributed by atoms with Crippen LogP contribution < -0.4 is 11.3 Å². The molecule has 104 valence electrons. The van der Waals surface area contributed by atoms with Crippen LogP contribution in [0, 0.1) is 5.92 Å². The van der Waals surface area contributed by atoms with E-state index in [2.05, 4.69) is 22.9 Å². The van der Waals surface area contributed by atoms with Gasteiger partial charge >= 0.3 is 0 Å². The molecule has 2 unspecified atom stereocenters. The van der Waals surface area contributed by atoms with Crippen molar-refractivity contribution in [1.29, 1.82) is 0 Å². The van der Waals surface area contributed by atoms with Crippen LogP contribution in [0.1, 0.15) is 36.6 Å². The van der Waals surface area contributed by atoms with E-state index < -0.39 is 5.92 Å². The summed E-state index contributed by atoms with van der Waals surface area (Å²) in [5, 5.41) is 2.06. The topological polar surface area (TPSA) is 38.0 Å². The summed E-state index contributed by atoms with van der Waals surface area (Å²) in [6.45, 7) is 0. The summed E-state index contributed by atoms with van der Waals surface area (Å²) in [6.07, 6.45) is 1.32. The predicted octanol–water partition coefficient (Wildman–Crippen LogP) is 4.29. The van der Waals surface area contributed by atoms with Crippen molar-refractivity contribution in [2.24, 2.45) is 11.8 Å². The highest BCUT2D eigenvalue weighted by atomic mass is 32.1. The Morgan fingerprint density at radius 3 is 2.95 bits per heavy atom. The standard InChI is InChI=1S/C13H16F2N2S2/c14-13(15)3-1-8(7-13)5-9(17-16)11-6-12-10(19-11)2-4-18-12/h2,4,6,8-9,17H,1,3,5,7,16H2. The number of hydrazine groups is 1. The number of fused-ring (bicyclic) bond motifs is 1. The Bertz CT molecular complexity index is 535. The molecule has 2 aromatic rings. The van der Waals surface area contributed by atoms with E-state index >= 15 is 0 Å². The van der Waals surface area contributed by atoms with E-state index in [1.807, 2.05) is 0 Å². The molecule has 1 fully saturated rings. The minimum Gasteiger partial charge on any atom is -0.271 e. The van der Waals surface area contributed by atoms with E-state index in [0.717, 1.165) is 4.88 Å². The molecule has 0 saturated heterocycles. The van der Waals surface area contributed by atoms with Gasteiger partial charge in [0.15, 0.2) is 0 Å². The third-order valence-electron chi connectivity index (χ3n) is 3.78. The molecule has 1 aliphatic rings. The average molecular weight is 302 g/mol. The van der Waals surface area contributed by atoms with Gasteiger partial charge in [-0.2, -0.15) is 0 Å². The monoisotopic (exact) mass is 302 g/mol. The largest absolute Gasteiger partial charge is 0.271 e. The van der Waals surface area contributed by atoms with Gasteiger partial charge in [0.1, 0.15) is 0 Å². The highest BCUT2D eigenvalue weighted by Crippen LogP contribution is 2.43. The summed E-state index contributed by atoms with van der Waals surface area (Å²) >= 11 is 3.40. The van der Waals surface area contributed by atoms with E-state index in [9.17, 15) is 8.78 Å². The molecule has 0 spiro atoms. The lowest BCUT2D eigenvalue weighted by Gasteiger charge is -2.18. The van der Waals surface area contributed by atoms with Crippen LogP contribution in [0.3, 0.4) is 0 Å². The summed E-state index contributed by atoms with van der Waals surface area (Å²) in [7, 11) is 0. The van der Waals surface area contributed by atoms with Crippen molar-refractivity contribution < 1.29 is 8.78 Å². The Labute approximate surface area is 118 Å². The Morgan fingerprint density at radius 2 is 2.32 bits per heavy atom. The number of halogens is 2. The minimum atomic E-state index is -2.47. The molecule has 0 aliphatic heterocycles. The molecule has 0 bridgehead atoms. The minimum absolute atomic E-state index is 0.00488. The van der Waals surface area contributed by atoms with Crippen LogP contribution in [0.2, 0.25) is 0 Å². The van der Waals surface area contributed by atoms with Gasteiger partial charge in [0.25, 0.3) is 0 Å². The van der Waals surface area contributed by atoms with Crippen LogP contribution in [0.5, 0.6) is 0 Å². The van der Waals surface area contributed by atoms with Crippen LogP contribution in [0.15, 0.2) is 17.5 Å². The Morgan fingerprint density at radius 1 is 1.47 bits per heavy atom. The van der Waals surface area contributed by atoms with E-state index in [1.54, 1.807) is 22.7 Å². The lowest BCUT2D eigenvalue weighted by Crippen LogP contribution is -2.29. The molecule has 2 nitrogen and oxygen atoms in total. The first kappa shape index (κ1) is 13.4. The average Bonchev–Trinajstić information content (AvgIpc) is 2.99. The van der Waals surface area contributed by atoms with Crippen molar-refractivity contribution in [1.82, 2.24) is 5.43 Å². The van der Waals surface area contributed by atoms with Crippen molar-refractivity contribution in [3.8, 4) is 0 Å². The van der Waals surface area contributed by atoms with Gasteiger partial charge in [-0.1, -0.05) is 0 Å². The zero-order chi connectivity index (χ0) is 13.5. The second-order valence-electron chi connectivity index (χ2n) is 5.22. The zero-order valence-electron chi connectivity index (χ0n) is 10.4. The molecule has 1 saturated carbocycles. The van der Waals surface area contributed by atoms with Crippen molar-refractivity contribution in [2.45, 2.75) is 37.6 Å². The highest BCUT2D eigenvalue weighted by Gasteiger charge is 2.40. The smallest absolute Gasteiger partial charge is 0.248 e. The molecule has 3 rings (SSSR count). The van der Waals surface area contributed by atoms with Gasteiger partial charge in [-0.05, 0) is 36.3 Å². The Balaban J connectivity index is 1.72. The molecule has 2 heterocycles. The Kier molecular flexibility index (Phi) is 3.59. The number of hydrogen-bond donors (Lipinski definition) is 2. The fourth-order valence-electron chi connectivity index (χ4n) is 2.80. The molecular formula is C13H16F2N2S2. The van der Waals surface area contributed by atoms with Crippen LogP contribution in [-0.4, -0.2) is 5.92 Å². The number of hydrogen-bond acceptors (Lipinski definition) is 4. The van der Waals surface area contributed by atoms with Gasteiger partial charge in [-0.25, -0.2) is 8.78 Å². The van der Waals surface area contributed by atoms with Crippen LogP contribution in [-0.2, 0) is 0 Å². The third kappa shape index (κ3) is 2.81. The maximum Gasteiger partial charge on any atom is 0.248 e. The zero-order valence-corrected chi connectivity index (χ0v) is 12.0. The van der Waals surface area contributed by atoms with E-state index in [-0.39, 0.29) is 24.8 Å². The number of nitrogens with one attached hydrogen (secondary N) is 1. The maximum atomic E-state index is 13.2. The van der Waals surface area contributed by atoms with Crippen LogP contribution in [0.25, 0.3) is 9.40 Å². The first-order valence-corrected chi connectivity index (χ1v) is 8.08. The molecular weight excluding hydrogens is 286 g/mol. The number of alkyl halides is 2. The van der Waals surface area contributed by atoms with Gasteiger partial charge in [-0.15, -0.1) is 22.7 Å². The first-order chi connectivity index (χ1) is 9.07. The van der Waals surface area contributed by atoms with Crippen molar-refractivity contribution in [3.05, 3.63) is 22.4 Å². The summed E-state index contributed by atoms with van der Waals surface area (Å²) in [5.41, 5.74) is 2.79. The second-order valence-corrected chi connectivity index (χ2v) is 7.28. The number of nitrogens with two attached hydrogens (primary N) is 1. The number of thiophene rings is 2. The second kappa shape index (κ2) is 5.09. The van der Waals surface area contributed by atoms with Crippen molar-refractivity contribution >= 4 is 32.1 Å². The van der Waals surface area contributed by atoms with E-state index in [0.29, 0.717) is 12.8 Å². The quantitative estimate of drug-likeness (QED) is 0.653. The van der Waals surface area contributed by atoms with Gasteiger partial charge in [-0.3, -0.25) is 11.3 Å². The molecule has 1 aliphatic carbocycles. The Hall–Kier alpha value is -0.560. The lowest BCUT2D eigenvalue weighted by atomic mass is 9.97. The third-order valence-corrected chi connectivity index (χ3v) is 5.98. The first-order valence-electron chi connectivity index (χ1n) is 6.38. The maximum absolute atomic E-state index is 13.2. The van der Waals surface area contributed by atoms with Gasteiger partial charge in [0.05, 0.1) is 6.04 Å². The molecule has 6 heteroatoms. The van der Waals surface area contributed by atoms with Gasteiger partial charge < -0.3 is 0 Å². The van der Waals surface area contributed by atoms with E-state index in [4.69, 9.17) is 5.84 Å². The molecule has 0 aromatic carbocycles. The predicted molar refractivity (Wildman–Crippen MR) is 76.7 cm³/mol. The molecule has 19 heavy (non-hydrogen) atoms. The summed E-state index contributed by atoms with van der Waals surface area (Å²) in [5.74, 6) is 3.21. The van der Waals surface area contributed by atoms with Crippen molar-refractivity contribution in [2.75, 3.05) is 0 Å². The lowest BCUT2D eigenvalue weighted by molar-refractivity contribution is 0.00432. The molecule has 2 aromatic heterocycles.